The highest BCUT2D eigenvalue weighted by molar-refractivity contribution is 5.94. The van der Waals surface area contributed by atoms with Gasteiger partial charge in [0, 0.05) is 37.8 Å². The summed E-state index contributed by atoms with van der Waals surface area (Å²) in [5, 5.41) is 19.0. The summed E-state index contributed by atoms with van der Waals surface area (Å²) >= 11 is 0. The Hall–Kier alpha value is -3.05. The van der Waals surface area contributed by atoms with Crippen molar-refractivity contribution in [2.24, 2.45) is 0 Å². The van der Waals surface area contributed by atoms with Crippen LogP contribution in [0.5, 0.6) is 0 Å². The third-order valence-electron chi connectivity index (χ3n) is 5.86. The molecule has 2 aliphatic rings. The number of carbonyl (C=O) groups excluding carboxylic acids is 1. The molecule has 8 heteroatoms. The van der Waals surface area contributed by atoms with Gasteiger partial charge in [0.1, 0.15) is 5.82 Å². The minimum Gasteiger partial charge on any atom is -0.394 e. The van der Waals surface area contributed by atoms with E-state index >= 15 is 0 Å². The lowest BCUT2D eigenvalue weighted by atomic mass is 10.1. The Labute approximate surface area is 173 Å². The van der Waals surface area contributed by atoms with Crippen molar-refractivity contribution < 1.29 is 18.7 Å². The Balaban J connectivity index is 1.57. The number of alkyl halides is 2. The number of likely N-dealkylation sites (tertiary alicyclic amines) is 1. The van der Waals surface area contributed by atoms with Crippen molar-refractivity contribution in [1.29, 1.82) is 5.26 Å². The number of rotatable bonds is 5. The molecule has 6 nitrogen and oxygen atoms in total. The molecule has 0 spiro atoms. The molecule has 4 rings (SSSR count). The van der Waals surface area contributed by atoms with Gasteiger partial charge in [-0.05, 0) is 49.2 Å². The van der Waals surface area contributed by atoms with Crippen LogP contribution in [0.15, 0.2) is 42.6 Å². The normalized spacial score (nSPS) is 19.1. The van der Waals surface area contributed by atoms with Crippen molar-refractivity contribution in [3.63, 3.8) is 0 Å². The van der Waals surface area contributed by atoms with E-state index in [-0.39, 0.29) is 38.4 Å². The molecule has 2 aromatic rings. The van der Waals surface area contributed by atoms with Crippen LogP contribution in [-0.4, -0.2) is 52.1 Å². The number of halogens is 2. The highest BCUT2D eigenvalue weighted by Crippen LogP contribution is 2.47. The zero-order valence-electron chi connectivity index (χ0n) is 16.4. The number of pyridine rings is 1. The third kappa shape index (κ3) is 3.85. The van der Waals surface area contributed by atoms with Crippen molar-refractivity contribution in [3.05, 3.63) is 53.7 Å². The molecular weight excluding hydrogens is 390 g/mol. The predicted molar refractivity (Wildman–Crippen MR) is 107 cm³/mol. The Bertz CT molecular complexity index is 956. The van der Waals surface area contributed by atoms with Crippen molar-refractivity contribution in [3.8, 4) is 6.07 Å². The molecule has 0 unspecified atom stereocenters. The molecule has 1 N–H and O–H groups in total. The summed E-state index contributed by atoms with van der Waals surface area (Å²) in [5.74, 6) is -2.44. The fourth-order valence-corrected chi connectivity index (χ4v) is 3.80. The smallest absolute Gasteiger partial charge is 0.255 e. The van der Waals surface area contributed by atoms with Gasteiger partial charge in [0.05, 0.1) is 29.3 Å². The van der Waals surface area contributed by atoms with Gasteiger partial charge in [0.2, 0.25) is 0 Å². The van der Waals surface area contributed by atoms with Crippen LogP contribution in [-0.2, 0) is 0 Å². The van der Waals surface area contributed by atoms with Crippen LogP contribution in [0, 0.1) is 11.3 Å². The third-order valence-corrected chi connectivity index (χ3v) is 5.86. The number of aliphatic hydroxyl groups is 1. The van der Waals surface area contributed by atoms with Crippen molar-refractivity contribution >= 4 is 17.4 Å². The monoisotopic (exact) mass is 412 g/mol. The minimum absolute atomic E-state index is 0.0264. The van der Waals surface area contributed by atoms with Crippen LogP contribution in [0.3, 0.4) is 0 Å². The first-order chi connectivity index (χ1) is 14.4. The van der Waals surface area contributed by atoms with Crippen molar-refractivity contribution in [2.75, 3.05) is 24.6 Å². The van der Waals surface area contributed by atoms with Crippen molar-refractivity contribution in [1.82, 2.24) is 9.88 Å². The predicted octanol–water partition coefficient (Wildman–Crippen LogP) is 3.49. The van der Waals surface area contributed by atoms with Gasteiger partial charge in [-0.15, -0.1) is 0 Å². The minimum atomic E-state index is -2.70. The maximum Gasteiger partial charge on any atom is 0.255 e. The molecule has 0 atom stereocenters. The molecule has 0 bridgehead atoms. The first-order valence-electron chi connectivity index (χ1n) is 9.92. The van der Waals surface area contributed by atoms with Gasteiger partial charge >= 0.3 is 0 Å². The molecule has 1 saturated heterocycles. The van der Waals surface area contributed by atoms with Crippen LogP contribution < -0.4 is 4.90 Å². The number of anilines is 2. The molecule has 1 amide bonds. The summed E-state index contributed by atoms with van der Waals surface area (Å²) in [5.41, 5.74) is 1.22. The number of nitrogens with zero attached hydrogens (tertiary/aromatic N) is 4. The Morgan fingerprint density at radius 3 is 2.30 bits per heavy atom. The Morgan fingerprint density at radius 2 is 1.80 bits per heavy atom. The fourth-order valence-electron chi connectivity index (χ4n) is 3.80. The average Bonchev–Trinajstić information content (AvgIpc) is 3.55. The van der Waals surface area contributed by atoms with Gasteiger partial charge in [-0.1, -0.05) is 0 Å². The quantitative estimate of drug-likeness (QED) is 0.813. The van der Waals surface area contributed by atoms with E-state index in [1.54, 1.807) is 24.3 Å². The topological polar surface area (TPSA) is 80.5 Å². The SMILES string of the molecule is N#Cc1ccc(N(c2ccc(C(=O)N3CCC(F)(F)CC3)cn2)C2(CO)CC2)cc1. The van der Waals surface area contributed by atoms with Gasteiger partial charge in [-0.25, -0.2) is 13.8 Å². The summed E-state index contributed by atoms with van der Waals surface area (Å²) in [6, 6.07) is 12.5. The Morgan fingerprint density at radius 1 is 1.13 bits per heavy atom. The van der Waals surface area contributed by atoms with E-state index < -0.39 is 11.5 Å². The number of hydrogen-bond donors (Lipinski definition) is 1. The van der Waals surface area contributed by atoms with Gasteiger partial charge in [-0.2, -0.15) is 5.26 Å². The van der Waals surface area contributed by atoms with Gasteiger partial charge < -0.3 is 14.9 Å². The zero-order valence-corrected chi connectivity index (χ0v) is 16.4. The van der Waals surface area contributed by atoms with Crippen LogP contribution in [0.25, 0.3) is 0 Å². The van der Waals surface area contributed by atoms with Crippen molar-refractivity contribution in [2.45, 2.75) is 37.1 Å². The first-order valence-corrected chi connectivity index (χ1v) is 9.92. The maximum absolute atomic E-state index is 13.4. The molecule has 1 saturated carbocycles. The first kappa shape index (κ1) is 20.2. The molecule has 1 aliphatic heterocycles. The lowest BCUT2D eigenvalue weighted by molar-refractivity contribution is -0.0494. The molecule has 1 aliphatic carbocycles. The molecule has 2 fully saturated rings. The Kier molecular flexibility index (Phi) is 5.16. The number of nitriles is 1. The molecular formula is C22H22F2N4O2. The molecule has 156 valence electrons. The highest BCUT2D eigenvalue weighted by atomic mass is 19.3. The molecule has 30 heavy (non-hydrogen) atoms. The van der Waals surface area contributed by atoms with E-state index in [1.165, 1.54) is 11.1 Å². The lowest BCUT2D eigenvalue weighted by Crippen LogP contribution is -2.42. The molecule has 1 aromatic heterocycles. The second-order valence-corrected chi connectivity index (χ2v) is 7.93. The van der Waals surface area contributed by atoms with Gasteiger partial charge in [0.25, 0.3) is 11.8 Å². The summed E-state index contributed by atoms with van der Waals surface area (Å²) in [6.45, 7) is 0.00843. The number of aromatic nitrogens is 1. The summed E-state index contributed by atoms with van der Waals surface area (Å²) in [6.07, 6.45) is 2.40. The zero-order chi connectivity index (χ0) is 21.4. The number of aliphatic hydroxyl groups excluding tert-OH is 1. The van der Waals surface area contributed by atoms with E-state index in [9.17, 15) is 18.7 Å². The van der Waals surface area contributed by atoms with E-state index in [4.69, 9.17) is 5.26 Å². The maximum atomic E-state index is 13.4. The molecule has 2 heterocycles. The van der Waals surface area contributed by atoms with Crippen LogP contribution in [0.4, 0.5) is 20.3 Å². The summed E-state index contributed by atoms with van der Waals surface area (Å²) in [7, 11) is 0. The molecule has 1 aromatic carbocycles. The number of amides is 1. The second-order valence-electron chi connectivity index (χ2n) is 7.93. The highest BCUT2D eigenvalue weighted by Gasteiger charge is 2.49. The van der Waals surface area contributed by atoms with E-state index in [1.807, 2.05) is 17.0 Å². The largest absolute Gasteiger partial charge is 0.394 e. The van der Waals surface area contributed by atoms with Crippen LogP contribution in [0.1, 0.15) is 41.6 Å². The van der Waals surface area contributed by atoms with E-state index in [0.717, 1.165) is 18.5 Å². The van der Waals surface area contributed by atoms with Gasteiger partial charge in [0.15, 0.2) is 0 Å². The summed E-state index contributed by atoms with van der Waals surface area (Å²) in [4.78, 5) is 20.5. The number of benzene rings is 1. The lowest BCUT2D eigenvalue weighted by Gasteiger charge is -2.33. The fraction of sp³-hybridized carbons (Fsp3) is 0.409. The average molecular weight is 412 g/mol. The number of hydrogen-bond acceptors (Lipinski definition) is 5. The molecule has 0 radical (unpaired) electrons. The van der Waals surface area contributed by atoms with Crippen LogP contribution >= 0.6 is 0 Å². The second kappa shape index (κ2) is 7.65. The van der Waals surface area contributed by atoms with E-state index in [0.29, 0.717) is 16.9 Å². The van der Waals surface area contributed by atoms with E-state index in [2.05, 4.69) is 11.1 Å². The van der Waals surface area contributed by atoms with Crippen LogP contribution in [0.2, 0.25) is 0 Å². The number of piperidine rings is 1. The standard InChI is InChI=1S/C22H22F2N4O2/c23-22(24)9-11-27(12-10-22)20(30)17-3-6-19(26-14-17)28(21(15-29)7-8-21)18-4-1-16(13-25)2-5-18/h1-6,14,29H,7-12,15H2. The summed E-state index contributed by atoms with van der Waals surface area (Å²) < 4.78 is 26.7. The number of carbonyl (C=O) groups is 1. The van der Waals surface area contributed by atoms with Gasteiger partial charge in [-0.3, -0.25) is 4.79 Å².